The first-order valence-corrected chi connectivity index (χ1v) is 7.41. The van der Waals surface area contributed by atoms with Gasteiger partial charge in [-0.05, 0) is 38.0 Å². The van der Waals surface area contributed by atoms with Gasteiger partial charge in [-0.3, -0.25) is 4.79 Å². The summed E-state index contributed by atoms with van der Waals surface area (Å²) in [7, 11) is 0. The SMILES string of the molecule is CCC1CCN(C(=O)C2CC=CCC2)C(CN)C1. The molecule has 0 radical (unpaired) electrons. The summed E-state index contributed by atoms with van der Waals surface area (Å²) in [6, 6.07) is 0.280. The van der Waals surface area contributed by atoms with Crippen molar-refractivity contribution in [3.8, 4) is 0 Å². The van der Waals surface area contributed by atoms with Crippen molar-refractivity contribution in [1.29, 1.82) is 0 Å². The van der Waals surface area contributed by atoms with Gasteiger partial charge in [0, 0.05) is 25.0 Å². The van der Waals surface area contributed by atoms with Crippen molar-refractivity contribution in [3.63, 3.8) is 0 Å². The van der Waals surface area contributed by atoms with Crippen LogP contribution in [0.3, 0.4) is 0 Å². The molecule has 0 bridgehead atoms. The topological polar surface area (TPSA) is 46.3 Å². The fourth-order valence-electron chi connectivity index (χ4n) is 3.27. The highest BCUT2D eigenvalue weighted by molar-refractivity contribution is 5.79. The fourth-order valence-corrected chi connectivity index (χ4v) is 3.27. The summed E-state index contributed by atoms with van der Waals surface area (Å²) < 4.78 is 0. The van der Waals surface area contributed by atoms with Crippen molar-refractivity contribution in [2.24, 2.45) is 17.6 Å². The minimum Gasteiger partial charge on any atom is -0.338 e. The molecule has 2 N–H and O–H groups in total. The predicted octanol–water partition coefficient (Wildman–Crippen LogP) is 2.32. The van der Waals surface area contributed by atoms with Gasteiger partial charge in [0.25, 0.3) is 0 Å². The maximum atomic E-state index is 12.6. The molecule has 18 heavy (non-hydrogen) atoms. The number of hydrogen-bond acceptors (Lipinski definition) is 2. The molecule has 1 heterocycles. The fraction of sp³-hybridized carbons (Fsp3) is 0.800. The van der Waals surface area contributed by atoms with E-state index in [-0.39, 0.29) is 12.0 Å². The number of nitrogens with two attached hydrogens (primary N) is 1. The molecule has 2 aliphatic rings. The van der Waals surface area contributed by atoms with E-state index in [0.717, 1.165) is 44.6 Å². The van der Waals surface area contributed by atoms with E-state index < -0.39 is 0 Å². The second-order valence-corrected chi connectivity index (χ2v) is 5.70. The average Bonchev–Trinajstić information content (AvgIpc) is 2.46. The third-order valence-electron chi connectivity index (χ3n) is 4.58. The number of rotatable bonds is 3. The molecule has 3 unspecified atom stereocenters. The highest BCUT2D eigenvalue weighted by atomic mass is 16.2. The van der Waals surface area contributed by atoms with Gasteiger partial charge >= 0.3 is 0 Å². The molecule has 0 aromatic heterocycles. The molecule has 3 nitrogen and oxygen atoms in total. The summed E-state index contributed by atoms with van der Waals surface area (Å²) in [5.74, 6) is 1.32. The summed E-state index contributed by atoms with van der Waals surface area (Å²) in [6.45, 7) is 3.77. The summed E-state index contributed by atoms with van der Waals surface area (Å²) in [6.07, 6.45) is 10.8. The molecule has 3 atom stereocenters. The van der Waals surface area contributed by atoms with E-state index in [1.165, 1.54) is 6.42 Å². The summed E-state index contributed by atoms with van der Waals surface area (Å²) in [5.41, 5.74) is 5.87. The van der Waals surface area contributed by atoms with Crippen LogP contribution in [0.5, 0.6) is 0 Å². The Morgan fingerprint density at radius 3 is 2.83 bits per heavy atom. The number of piperidine rings is 1. The number of allylic oxidation sites excluding steroid dienone is 2. The van der Waals surface area contributed by atoms with E-state index in [2.05, 4.69) is 24.0 Å². The molecule has 1 fully saturated rings. The Bertz CT molecular complexity index is 314. The van der Waals surface area contributed by atoms with Crippen LogP contribution >= 0.6 is 0 Å². The molecule has 102 valence electrons. The monoisotopic (exact) mass is 250 g/mol. The lowest BCUT2D eigenvalue weighted by atomic mass is 9.86. The Morgan fingerprint density at radius 1 is 1.39 bits per heavy atom. The Kier molecular flexibility index (Phi) is 4.81. The van der Waals surface area contributed by atoms with Crippen molar-refractivity contribution in [1.82, 2.24) is 4.90 Å². The molecule has 1 aliphatic carbocycles. The highest BCUT2D eigenvalue weighted by Crippen LogP contribution is 2.28. The van der Waals surface area contributed by atoms with E-state index in [4.69, 9.17) is 5.73 Å². The Labute approximate surface area is 110 Å². The van der Waals surface area contributed by atoms with Crippen LogP contribution < -0.4 is 5.73 Å². The van der Waals surface area contributed by atoms with Crippen LogP contribution in [-0.4, -0.2) is 29.9 Å². The molecule has 0 aromatic carbocycles. The Balaban J connectivity index is 1.98. The maximum absolute atomic E-state index is 12.6. The highest BCUT2D eigenvalue weighted by Gasteiger charge is 2.33. The van der Waals surface area contributed by atoms with Crippen LogP contribution in [0.1, 0.15) is 45.4 Å². The molecule has 1 amide bonds. The van der Waals surface area contributed by atoms with E-state index >= 15 is 0 Å². The largest absolute Gasteiger partial charge is 0.338 e. The first-order chi connectivity index (χ1) is 8.76. The molecular formula is C15H26N2O. The molecule has 2 rings (SSSR count). The van der Waals surface area contributed by atoms with Gasteiger partial charge in [0.1, 0.15) is 0 Å². The standard InChI is InChI=1S/C15H26N2O/c1-2-12-8-9-17(14(10-12)11-16)15(18)13-6-4-3-5-7-13/h3-4,12-14H,2,5-11,16H2,1H3. The number of likely N-dealkylation sites (tertiary alicyclic amines) is 1. The van der Waals surface area contributed by atoms with Gasteiger partial charge in [-0.25, -0.2) is 0 Å². The van der Waals surface area contributed by atoms with Gasteiger partial charge in [0.15, 0.2) is 0 Å². The lowest BCUT2D eigenvalue weighted by molar-refractivity contribution is -0.140. The number of nitrogens with zero attached hydrogens (tertiary/aromatic N) is 1. The van der Waals surface area contributed by atoms with Gasteiger partial charge in [-0.1, -0.05) is 25.5 Å². The second-order valence-electron chi connectivity index (χ2n) is 5.70. The van der Waals surface area contributed by atoms with Gasteiger partial charge < -0.3 is 10.6 Å². The van der Waals surface area contributed by atoms with Crippen LogP contribution in [-0.2, 0) is 4.79 Å². The van der Waals surface area contributed by atoms with Crippen molar-refractivity contribution in [3.05, 3.63) is 12.2 Å². The van der Waals surface area contributed by atoms with Gasteiger partial charge in [-0.2, -0.15) is 0 Å². The Morgan fingerprint density at radius 2 is 2.22 bits per heavy atom. The first kappa shape index (κ1) is 13.6. The first-order valence-electron chi connectivity index (χ1n) is 7.41. The molecule has 1 saturated heterocycles. The van der Waals surface area contributed by atoms with Crippen molar-refractivity contribution < 1.29 is 4.79 Å². The van der Waals surface area contributed by atoms with Crippen molar-refractivity contribution in [2.75, 3.05) is 13.1 Å². The normalized spacial score (nSPS) is 32.6. The quantitative estimate of drug-likeness (QED) is 0.781. The Hall–Kier alpha value is -0.830. The maximum Gasteiger partial charge on any atom is 0.226 e. The van der Waals surface area contributed by atoms with Gasteiger partial charge in [-0.15, -0.1) is 0 Å². The number of carbonyl (C=O) groups is 1. The summed E-state index contributed by atoms with van der Waals surface area (Å²) in [4.78, 5) is 14.6. The van der Waals surface area contributed by atoms with Crippen LogP contribution in [0.2, 0.25) is 0 Å². The number of carbonyl (C=O) groups excluding carboxylic acids is 1. The molecule has 1 aliphatic heterocycles. The smallest absolute Gasteiger partial charge is 0.226 e. The van der Waals surface area contributed by atoms with E-state index in [1.807, 2.05) is 0 Å². The molecular weight excluding hydrogens is 224 g/mol. The zero-order chi connectivity index (χ0) is 13.0. The van der Waals surface area contributed by atoms with Gasteiger partial charge in [0.2, 0.25) is 5.91 Å². The second kappa shape index (κ2) is 6.37. The molecule has 0 aromatic rings. The lowest BCUT2D eigenvalue weighted by Crippen LogP contribution is -2.51. The van der Waals surface area contributed by atoms with Gasteiger partial charge in [0.05, 0.1) is 0 Å². The average molecular weight is 250 g/mol. The molecule has 0 saturated carbocycles. The minimum absolute atomic E-state index is 0.210. The lowest BCUT2D eigenvalue weighted by Gasteiger charge is -2.40. The van der Waals surface area contributed by atoms with E-state index in [0.29, 0.717) is 12.5 Å². The number of hydrogen-bond donors (Lipinski definition) is 1. The zero-order valence-corrected chi connectivity index (χ0v) is 11.5. The summed E-state index contributed by atoms with van der Waals surface area (Å²) >= 11 is 0. The van der Waals surface area contributed by atoms with Crippen LogP contribution in [0.25, 0.3) is 0 Å². The van der Waals surface area contributed by atoms with E-state index in [9.17, 15) is 4.79 Å². The van der Waals surface area contributed by atoms with Crippen LogP contribution in [0.15, 0.2) is 12.2 Å². The zero-order valence-electron chi connectivity index (χ0n) is 11.5. The predicted molar refractivity (Wildman–Crippen MR) is 74.1 cm³/mol. The van der Waals surface area contributed by atoms with Crippen molar-refractivity contribution >= 4 is 5.91 Å². The molecule has 3 heteroatoms. The van der Waals surface area contributed by atoms with Crippen LogP contribution in [0.4, 0.5) is 0 Å². The summed E-state index contributed by atoms with van der Waals surface area (Å²) in [5, 5.41) is 0. The molecule has 0 spiro atoms. The third kappa shape index (κ3) is 2.94. The van der Waals surface area contributed by atoms with Crippen molar-refractivity contribution in [2.45, 2.75) is 51.5 Å². The van der Waals surface area contributed by atoms with E-state index in [1.54, 1.807) is 0 Å². The van der Waals surface area contributed by atoms with Crippen LogP contribution in [0, 0.1) is 11.8 Å². The third-order valence-corrected chi connectivity index (χ3v) is 4.58. The minimum atomic E-state index is 0.210. The number of amides is 1.